The largest absolute Gasteiger partial charge is 0.482 e. The molecule has 17 heavy (non-hydrogen) atoms. The average Bonchev–Trinajstić information content (AvgIpc) is 2.33. The summed E-state index contributed by atoms with van der Waals surface area (Å²) >= 11 is 0. The summed E-state index contributed by atoms with van der Waals surface area (Å²) in [7, 11) is 0. The molecule has 5 heteroatoms. The van der Waals surface area contributed by atoms with E-state index in [1.165, 1.54) is 0 Å². The third kappa shape index (κ3) is 2.40. The van der Waals surface area contributed by atoms with Crippen molar-refractivity contribution in [1.29, 1.82) is 0 Å². The lowest BCUT2D eigenvalue weighted by atomic mass is 10.1. The second-order valence-corrected chi connectivity index (χ2v) is 3.96. The van der Waals surface area contributed by atoms with Crippen molar-refractivity contribution in [3.05, 3.63) is 23.8 Å². The third-order valence-corrected chi connectivity index (χ3v) is 2.75. The molecule has 1 amide bonds. The zero-order valence-electron chi connectivity index (χ0n) is 9.69. The lowest BCUT2D eigenvalue weighted by Crippen LogP contribution is -2.41. The first-order chi connectivity index (χ1) is 8.26. The maximum absolute atomic E-state index is 11.7. The molecule has 92 valence electrons. The van der Waals surface area contributed by atoms with Crippen molar-refractivity contribution in [2.45, 2.75) is 6.42 Å². The number of hydrogen-bond donors (Lipinski definition) is 2. The molecule has 0 aliphatic carbocycles. The minimum atomic E-state index is -0.0483. The first-order valence-electron chi connectivity index (χ1n) is 5.72. The summed E-state index contributed by atoms with van der Waals surface area (Å²) in [5, 5.41) is 0. The summed E-state index contributed by atoms with van der Waals surface area (Å²) in [4.78, 5) is 13.4. The molecule has 4 N–H and O–H groups in total. The Morgan fingerprint density at radius 2 is 2.12 bits per heavy atom. The molecule has 0 atom stereocenters. The van der Waals surface area contributed by atoms with Crippen LogP contribution < -0.4 is 21.1 Å². The number of ether oxygens (including phenoxy) is 1. The Hall–Kier alpha value is -1.59. The fraction of sp³-hybridized carbons (Fsp3) is 0.417. The lowest BCUT2D eigenvalue weighted by molar-refractivity contribution is -0.121. The van der Waals surface area contributed by atoms with E-state index in [4.69, 9.17) is 16.2 Å². The number of amides is 1. The number of fused-ring (bicyclic) bond motifs is 1. The number of carbonyl (C=O) groups is 1. The number of nitrogens with zero attached hydrogens (tertiary/aromatic N) is 1. The Morgan fingerprint density at radius 1 is 1.29 bits per heavy atom. The van der Waals surface area contributed by atoms with Crippen LogP contribution in [-0.4, -0.2) is 32.1 Å². The lowest BCUT2D eigenvalue weighted by Gasteiger charge is -2.29. The van der Waals surface area contributed by atoms with E-state index in [-0.39, 0.29) is 12.5 Å². The summed E-state index contributed by atoms with van der Waals surface area (Å²) < 4.78 is 5.38. The smallest absolute Gasteiger partial charge is 0.265 e. The topological polar surface area (TPSA) is 81.6 Å². The van der Waals surface area contributed by atoms with Gasteiger partial charge in [0.1, 0.15) is 5.75 Å². The van der Waals surface area contributed by atoms with E-state index in [2.05, 4.69) is 0 Å². The molecule has 0 spiro atoms. The summed E-state index contributed by atoms with van der Waals surface area (Å²) in [6.45, 7) is 1.63. The van der Waals surface area contributed by atoms with Gasteiger partial charge in [-0.3, -0.25) is 4.79 Å². The number of rotatable bonds is 4. The van der Waals surface area contributed by atoms with Crippen molar-refractivity contribution in [2.24, 2.45) is 11.5 Å². The minimum absolute atomic E-state index is 0.0483. The molecule has 1 aliphatic rings. The van der Waals surface area contributed by atoms with Crippen LogP contribution in [0.1, 0.15) is 5.56 Å². The number of nitrogens with two attached hydrogens (primary N) is 2. The molecule has 0 unspecified atom stereocenters. The highest BCUT2D eigenvalue weighted by atomic mass is 16.5. The van der Waals surface area contributed by atoms with Gasteiger partial charge >= 0.3 is 0 Å². The van der Waals surface area contributed by atoms with Gasteiger partial charge in [-0.25, -0.2) is 0 Å². The van der Waals surface area contributed by atoms with Gasteiger partial charge < -0.3 is 21.1 Å². The van der Waals surface area contributed by atoms with Gasteiger partial charge in [-0.2, -0.15) is 0 Å². The first kappa shape index (κ1) is 11.9. The number of anilines is 1. The predicted octanol–water partition coefficient (Wildman–Crippen LogP) is -0.128. The molecule has 1 aromatic carbocycles. The Labute approximate surface area is 100 Å². The molecule has 1 heterocycles. The molecule has 1 aliphatic heterocycles. The zero-order chi connectivity index (χ0) is 12.3. The highest BCUT2D eigenvalue weighted by molar-refractivity contribution is 5.97. The van der Waals surface area contributed by atoms with E-state index in [9.17, 15) is 4.79 Å². The highest BCUT2D eigenvalue weighted by Gasteiger charge is 2.24. The molecule has 0 saturated heterocycles. The van der Waals surface area contributed by atoms with E-state index < -0.39 is 0 Å². The predicted molar refractivity (Wildman–Crippen MR) is 66.1 cm³/mol. The van der Waals surface area contributed by atoms with Crippen molar-refractivity contribution < 1.29 is 9.53 Å². The molecule has 0 saturated carbocycles. The van der Waals surface area contributed by atoms with E-state index in [0.717, 1.165) is 23.4 Å². The van der Waals surface area contributed by atoms with E-state index in [0.29, 0.717) is 19.6 Å². The second kappa shape index (κ2) is 5.16. The standard InChI is InChI=1S/C12H17N3O2/c13-4-3-9-1-2-11-10(7-9)15(6-5-14)12(16)8-17-11/h1-2,7H,3-6,8,13-14H2. The number of hydrogen-bond acceptors (Lipinski definition) is 4. The molecule has 1 aromatic rings. The van der Waals surface area contributed by atoms with Crippen molar-refractivity contribution in [1.82, 2.24) is 0 Å². The van der Waals surface area contributed by atoms with E-state index in [1.54, 1.807) is 4.90 Å². The molecule has 0 radical (unpaired) electrons. The average molecular weight is 235 g/mol. The van der Waals surface area contributed by atoms with Gasteiger partial charge in [0, 0.05) is 13.1 Å². The second-order valence-electron chi connectivity index (χ2n) is 3.96. The van der Waals surface area contributed by atoms with E-state index in [1.807, 2.05) is 18.2 Å². The fourth-order valence-electron chi connectivity index (χ4n) is 1.94. The Kier molecular flexibility index (Phi) is 3.61. The molecule has 0 bridgehead atoms. The summed E-state index contributed by atoms with van der Waals surface area (Å²) in [5.41, 5.74) is 13.0. The van der Waals surface area contributed by atoms with Crippen LogP contribution >= 0.6 is 0 Å². The van der Waals surface area contributed by atoms with Crippen LogP contribution in [0.2, 0.25) is 0 Å². The van der Waals surface area contributed by atoms with Crippen LogP contribution in [0, 0.1) is 0 Å². The summed E-state index contributed by atoms with van der Waals surface area (Å²) in [6.07, 6.45) is 0.790. The quantitative estimate of drug-likeness (QED) is 0.762. The Morgan fingerprint density at radius 3 is 2.82 bits per heavy atom. The SMILES string of the molecule is NCCc1ccc2c(c1)N(CCN)C(=O)CO2. The van der Waals surface area contributed by atoms with Gasteiger partial charge in [0.25, 0.3) is 5.91 Å². The minimum Gasteiger partial charge on any atom is -0.482 e. The molecule has 0 aromatic heterocycles. The van der Waals surface area contributed by atoms with Crippen molar-refractivity contribution >= 4 is 11.6 Å². The van der Waals surface area contributed by atoms with Crippen molar-refractivity contribution in [3.8, 4) is 5.75 Å². The summed E-state index contributed by atoms with van der Waals surface area (Å²) in [5.74, 6) is 0.687. The molecule has 5 nitrogen and oxygen atoms in total. The van der Waals surface area contributed by atoms with Crippen LogP contribution in [0.4, 0.5) is 5.69 Å². The third-order valence-electron chi connectivity index (χ3n) is 2.75. The Bertz CT molecular complexity index is 420. The van der Waals surface area contributed by atoms with Gasteiger partial charge in [0.05, 0.1) is 5.69 Å². The highest BCUT2D eigenvalue weighted by Crippen LogP contribution is 2.32. The monoisotopic (exact) mass is 235 g/mol. The van der Waals surface area contributed by atoms with Crippen LogP contribution in [0.25, 0.3) is 0 Å². The molecular weight excluding hydrogens is 218 g/mol. The van der Waals surface area contributed by atoms with Gasteiger partial charge in [-0.05, 0) is 30.7 Å². The Balaban J connectivity index is 2.34. The van der Waals surface area contributed by atoms with Gasteiger partial charge in [-0.1, -0.05) is 6.07 Å². The first-order valence-corrected chi connectivity index (χ1v) is 5.72. The van der Waals surface area contributed by atoms with Gasteiger partial charge in [0.15, 0.2) is 6.61 Å². The molecule has 0 fully saturated rings. The van der Waals surface area contributed by atoms with Crippen LogP contribution in [-0.2, 0) is 11.2 Å². The fourth-order valence-corrected chi connectivity index (χ4v) is 1.94. The van der Waals surface area contributed by atoms with Gasteiger partial charge in [0.2, 0.25) is 0 Å². The normalized spacial score (nSPS) is 14.5. The van der Waals surface area contributed by atoms with Crippen LogP contribution in [0.5, 0.6) is 5.75 Å². The number of carbonyl (C=O) groups excluding carboxylic acids is 1. The summed E-state index contributed by atoms with van der Waals surface area (Å²) in [6, 6.07) is 5.81. The van der Waals surface area contributed by atoms with Crippen LogP contribution in [0.3, 0.4) is 0 Å². The van der Waals surface area contributed by atoms with Gasteiger partial charge in [-0.15, -0.1) is 0 Å². The molecule has 2 rings (SSSR count). The molecular formula is C12H17N3O2. The zero-order valence-corrected chi connectivity index (χ0v) is 9.69. The van der Waals surface area contributed by atoms with E-state index >= 15 is 0 Å². The van der Waals surface area contributed by atoms with Crippen molar-refractivity contribution in [3.63, 3.8) is 0 Å². The van der Waals surface area contributed by atoms with Crippen molar-refractivity contribution in [2.75, 3.05) is 31.1 Å². The maximum Gasteiger partial charge on any atom is 0.265 e. The maximum atomic E-state index is 11.7. The van der Waals surface area contributed by atoms with Crippen LogP contribution in [0.15, 0.2) is 18.2 Å². The number of benzene rings is 1.